The number of carbonyl (C=O) groups is 1. The fourth-order valence-electron chi connectivity index (χ4n) is 4.52. The maximum atomic E-state index is 12.5. The fourth-order valence-corrected chi connectivity index (χ4v) is 4.73. The highest BCUT2D eigenvalue weighted by Gasteiger charge is 2.41. The zero-order valence-electron chi connectivity index (χ0n) is 15.6. The van der Waals surface area contributed by atoms with Gasteiger partial charge < -0.3 is 10.6 Å². The van der Waals surface area contributed by atoms with Crippen molar-refractivity contribution in [1.29, 1.82) is 0 Å². The first-order valence-electron chi connectivity index (χ1n) is 9.66. The highest BCUT2D eigenvalue weighted by Crippen LogP contribution is 2.31. The highest BCUT2D eigenvalue weighted by molar-refractivity contribution is 6.30. The third-order valence-electron chi connectivity index (χ3n) is 5.87. The molecule has 1 saturated heterocycles. The first-order valence-corrected chi connectivity index (χ1v) is 10.0. The molecule has 1 aliphatic heterocycles. The number of nitrogens with one attached hydrogen (secondary N) is 2. The molecule has 5 heteroatoms. The molecule has 2 aliphatic rings. The minimum atomic E-state index is -0.0637. The predicted molar refractivity (Wildman–Crippen MR) is 109 cm³/mol. The van der Waals surface area contributed by atoms with E-state index in [-0.39, 0.29) is 11.9 Å². The molecule has 0 saturated carbocycles. The highest BCUT2D eigenvalue weighted by atomic mass is 35.5. The van der Waals surface area contributed by atoms with Gasteiger partial charge in [0.15, 0.2) is 0 Å². The van der Waals surface area contributed by atoms with Gasteiger partial charge in [-0.05, 0) is 48.1 Å². The number of nitrogens with zero attached hydrogens (tertiary/aromatic N) is 1. The zero-order valence-corrected chi connectivity index (χ0v) is 16.4. The van der Waals surface area contributed by atoms with Gasteiger partial charge >= 0.3 is 0 Å². The standard InChI is InChI=1S/C22H26ClN3O/c1-24-22(27)21-12-19(25-13-15-5-4-8-18(23)9-15)14-26(21)20-10-16-6-2-3-7-17(16)11-20/h2-9,19-21,25H,10-14H2,1H3,(H,24,27)/t19-,21-/m0/s1. The molecular weight excluding hydrogens is 358 g/mol. The summed E-state index contributed by atoms with van der Waals surface area (Å²) in [4.78, 5) is 14.9. The molecule has 27 heavy (non-hydrogen) atoms. The topological polar surface area (TPSA) is 44.4 Å². The van der Waals surface area contributed by atoms with Gasteiger partial charge in [-0.1, -0.05) is 48.0 Å². The summed E-state index contributed by atoms with van der Waals surface area (Å²) in [7, 11) is 1.73. The van der Waals surface area contributed by atoms with Gasteiger partial charge in [-0.2, -0.15) is 0 Å². The predicted octanol–water partition coefficient (Wildman–Crippen LogP) is 2.79. The molecule has 2 N–H and O–H groups in total. The number of amides is 1. The summed E-state index contributed by atoms with van der Waals surface area (Å²) in [6.07, 6.45) is 2.91. The summed E-state index contributed by atoms with van der Waals surface area (Å²) >= 11 is 6.09. The van der Waals surface area contributed by atoms with Crippen LogP contribution in [0.2, 0.25) is 5.02 Å². The third-order valence-corrected chi connectivity index (χ3v) is 6.11. The van der Waals surface area contributed by atoms with Crippen molar-refractivity contribution in [2.75, 3.05) is 13.6 Å². The van der Waals surface area contributed by atoms with Crippen molar-refractivity contribution in [2.45, 2.75) is 43.9 Å². The van der Waals surface area contributed by atoms with E-state index in [1.165, 1.54) is 16.7 Å². The average molecular weight is 384 g/mol. The van der Waals surface area contributed by atoms with Gasteiger partial charge in [-0.15, -0.1) is 0 Å². The van der Waals surface area contributed by atoms with E-state index in [0.717, 1.165) is 37.4 Å². The van der Waals surface area contributed by atoms with E-state index in [1.54, 1.807) is 7.05 Å². The molecule has 0 spiro atoms. The lowest BCUT2D eigenvalue weighted by Gasteiger charge is -2.29. The first-order chi connectivity index (χ1) is 13.1. The third kappa shape index (κ3) is 4.03. The van der Waals surface area contributed by atoms with Crippen LogP contribution in [-0.2, 0) is 24.2 Å². The van der Waals surface area contributed by atoms with Crippen LogP contribution in [-0.4, -0.2) is 42.5 Å². The number of hydrogen-bond donors (Lipinski definition) is 2. The molecule has 0 bridgehead atoms. The van der Waals surface area contributed by atoms with E-state index in [2.05, 4.69) is 45.9 Å². The summed E-state index contributed by atoms with van der Waals surface area (Å²) in [5, 5.41) is 7.24. The van der Waals surface area contributed by atoms with Gasteiger partial charge in [0, 0.05) is 37.2 Å². The lowest BCUT2D eigenvalue weighted by Crippen LogP contribution is -2.47. The van der Waals surface area contributed by atoms with Crippen molar-refractivity contribution >= 4 is 17.5 Å². The Hall–Kier alpha value is -1.88. The smallest absolute Gasteiger partial charge is 0.237 e. The second-order valence-electron chi connectivity index (χ2n) is 7.60. The van der Waals surface area contributed by atoms with Crippen LogP contribution in [0.3, 0.4) is 0 Å². The molecule has 2 aromatic rings. The van der Waals surface area contributed by atoms with Crippen LogP contribution in [0.4, 0.5) is 0 Å². The van der Waals surface area contributed by atoms with Gasteiger partial charge in [0.25, 0.3) is 0 Å². The van der Waals surface area contributed by atoms with E-state index < -0.39 is 0 Å². The van der Waals surface area contributed by atoms with Crippen LogP contribution in [0, 0.1) is 0 Å². The number of carbonyl (C=O) groups excluding carboxylic acids is 1. The zero-order chi connectivity index (χ0) is 18.8. The van der Waals surface area contributed by atoms with Crippen LogP contribution in [0.1, 0.15) is 23.1 Å². The second-order valence-corrected chi connectivity index (χ2v) is 8.04. The molecule has 0 unspecified atom stereocenters. The van der Waals surface area contributed by atoms with Crippen molar-refractivity contribution in [3.63, 3.8) is 0 Å². The molecule has 2 atom stereocenters. The number of benzene rings is 2. The van der Waals surface area contributed by atoms with E-state index in [9.17, 15) is 4.79 Å². The van der Waals surface area contributed by atoms with E-state index in [4.69, 9.17) is 11.6 Å². The monoisotopic (exact) mass is 383 g/mol. The summed E-state index contributed by atoms with van der Waals surface area (Å²) < 4.78 is 0. The number of likely N-dealkylation sites (tertiary alicyclic amines) is 1. The molecule has 1 amide bonds. The van der Waals surface area contributed by atoms with Crippen molar-refractivity contribution in [2.24, 2.45) is 0 Å². The Morgan fingerprint density at radius 1 is 1.15 bits per heavy atom. The van der Waals surface area contributed by atoms with Crippen molar-refractivity contribution in [3.8, 4) is 0 Å². The maximum Gasteiger partial charge on any atom is 0.237 e. The van der Waals surface area contributed by atoms with Crippen LogP contribution in [0.5, 0.6) is 0 Å². The average Bonchev–Trinajstić information content (AvgIpc) is 3.29. The summed E-state index contributed by atoms with van der Waals surface area (Å²) in [5.74, 6) is 0.123. The van der Waals surface area contributed by atoms with E-state index in [0.29, 0.717) is 12.1 Å². The lowest BCUT2D eigenvalue weighted by molar-refractivity contribution is -0.125. The molecule has 4 rings (SSSR count). The maximum absolute atomic E-state index is 12.5. The van der Waals surface area contributed by atoms with E-state index >= 15 is 0 Å². The molecule has 1 heterocycles. The number of likely N-dealkylation sites (N-methyl/N-ethyl adjacent to an activating group) is 1. The molecule has 2 aromatic carbocycles. The van der Waals surface area contributed by atoms with Gasteiger partial charge in [0.1, 0.15) is 0 Å². The summed E-state index contributed by atoms with van der Waals surface area (Å²) in [5.41, 5.74) is 4.02. The molecule has 4 nitrogen and oxygen atoms in total. The Labute approximate surface area is 165 Å². The van der Waals surface area contributed by atoms with Crippen LogP contribution in [0.25, 0.3) is 0 Å². The van der Waals surface area contributed by atoms with Crippen molar-refractivity contribution in [3.05, 3.63) is 70.2 Å². The van der Waals surface area contributed by atoms with Gasteiger partial charge in [-0.25, -0.2) is 0 Å². The number of halogens is 1. The normalized spacial score (nSPS) is 22.7. The van der Waals surface area contributed by atoms with Gasteiger partial charge in [0.05, 0.1) is 6.04 Å². The Bertz CT molecular complexity index is 800. The first kappa shape index (κ1) is 18.5. The Balaban J connectivity index is 1.44. The molecule has 0 aromatic heterocycles. The van der Waals surface area contributed by atoms with E-state index in [1.807, 2.05) is 18.2 Å². The summed E-state index contributed by atoms with van der Waals surface area (Å²) in [6.45, 7) is 1.67. The van der Waals surface area contributed by atoms with Crippen LogP contribution in [0.15, 0.2) is 48.5 Å². The second kappa shape index (κ2) is 8.01. The number of hydrogen-bond acceptors (Lipinski definition) is 3. The number of rotatable bonds is 5. The van der Waals surface area contributed by atoms with Crippen LogP contribution >= 0.6 is 11.6 Å². The van der Waals surface area contributed by atoms with Gasteiger partial charge in [0.2, 0.25) is 5.91 Å². The Morgan fingerprint density at radius 3 is 2.56 bits per heavy atom. The molecular formula is C22H26ClN3O. The summed E-state index contributed by atoms with van der Waals surface area (Å²) in [6, 6.07) is 17.2. The van der Waals surface area contributed by atoms with Crippen molar-refractivity contribution in [1.82, 2.24) is 15.5 Å². The van der Waals surface area contributed by atoms with Crippen molar-refractivity contribution < 1.29 is 4.79 Å². The molecule has 1 fully saturated rings. The largest absolute Gasteiger partial charge is 0.358 e. The lowest BCUT2D eigenvalue weighted by atomic mass is 10.1. The minimum Gasteiger partial charge on any atom is -0.358 e. The Kier molecular flexibility index (Phi) is 5.48. The molecule has 0 radical (unpaired) electrons. The number of fused-ring (bicyclic) bond motifs is 1. The minimum absolute atomic E-state index is 0.0637. The molecule has 1 aliphatic carbocycles. The molecule has 142 valence electrons. The quantitative estimate of drug-likeness (QED) is 0.834. The Morgan fingerprint density at radius 2 is 1.89 bits per heavy atom. The van der Waals surface area contributed by atoms with Crippen LogP contribution < -0.4 is 10.6 Å². The SMILES string of the molecule is CNC(=O)[C@@H]1C[C@H](NCc2cccc(Cl)c2)CN1C1Cc2ccccc2C1. The van der Waals surface area contributed by atoms with Gasteiger partial charge in [-0.3, -0.25) is 9.69 Å². The fraction of sp³-hybridized carbons (Fsp3) is 0.409.